The largest absolute Gasteiger partial charge is 0.478 e. The number of alkyl halides is 3. The molecule has 0 saturated heterocycles. The molecule has 0 fully saturated rings. The lowest BCUT2D eigenvalue weighted by atomic mass is 9.96. The van der Waals surface area contributed by atoms with Crippen LogP contribution in [0.3, 0.4) is 0 Å². The highest BCUT2D eigenvalue weighted by atomic mass is 19.4. The summed E-state index contributed by atoms with van der Waals surface area (Å²) in [6.07, 6.45) is -4.43. The molecule has 0 unspecified atom stereocenters. The summed E-state index contributed by atoms with van der Waals surface area (Å²) in [7, 11) is 0. The zero-order valence-electron chi connectivity index (χ0n) is 11.8. The third kappa shape index (κ3) is 2.90. The quantitative estimate of drug-likeness (QED) is 0.703. The molecule has 0 bridgehead atoms. The maximum atomic E-state index is 13.1. The SMILES string of the molecule is O=C(O)c1ccc2cc(-c3ccccc3C(F)(F)F)ccc2c1. The van der Waals surface area contributed by atoms with Gasteiger partial charge in [-0.25, -0.2) is 4.79 Å². The molecule has 23 heavy (non-hydrogen) atoms. The summed E-state index contributed by atoms with van der Waals surface area (Å²) in [5.74, 6) is -1.04. The molecule has 0 spiro atoms. The van der Waals surface area contributed by atoms with E-state index in [0.29, 0.717) is 16.3 Å². The van der Waals surface area contributed by atoms with Gasteiger partial charge in [-0.05, 0) is 46.2 Å². The zero-order chi connectivity index (χ0) is 16.6. The molecule has 0 aromatic heterocycles. The minimum absolute atomic E-state index is 0.101. The first-order valence-corrected chi connectivity index (χ1v) is 6.80. The Morgan fingerprint density at radius 1 is 0.870 bits per heavy atom. The third-order valence-corrected chi connectivity index (χ3v) is 3.63. The molecular formula is C18H11F3O2. The molecule has 3 aromatic carbocycles. The van der Waals surface area contributed by atoms with Gasteiger partial charge in [0.2, 0.25) is 0 Å². The summed E-state index contributed by atoms with van der Waals surface area (Å²) in [4.78, 5) is 11.0. The Balaban J connectivity index is 2.15. The predicted octanol–water partition coefficient (Wildman–Crippen LogP) is 5.22. The number of fused-ring (bicyclic) bond motifs is 1. The van der Waals surface area contributed by atoms with Crippen molar-refractivity contribution in [3.8, 4) is 11.1 Å². The van der Waals surface area contributed by atoms with Gasteiger partial charge in [0.15, 0.2) is 0 Å². The van der Waals surface area contributed by atoms with Crippen molar-refractivity contribution in [2.45, 2.75) is 6.18 Å². The molecule has 0 radical (unpaired) electrons. The van der Waals surface area contributed by atoms with Gasteiger partial charge in [0.1, 0.15) is 0 Å². The number of carboxylic acids is 1. The predicted molar refractivity (Wildman–Crippen MR) is 81.3 cm³/mol. The molecule has 2 nitrogen and oxygen atoms in total. The number of halogens is 3. The lowest BCUT2D eigenvalue weighted by Gasteiger charge is -2.13. The first-order chi connectivity index (χ1) is 10.9. The van der Waals surface area contributed by atoms with Crippen molar-refractivity contribution < 1.29 is 23.1 Å². The van der Waals surface area contributed by atoms with Gasteiger partial charge in [0.05, 0.1) is 11.1 Å². The maximum absolute atomic E-state index is 13.1. The molecule has 1 N–H and O–H groups in total. The zero-order valence-corrected chi connectivity index (χ0v) is 11.8. The number of benzene rings is 3. The summed E-state index contributed by atoms with van der Waals surface area (Å²) < 4.78 is 39.4. The number of rotatable bonds is 2. The standard InChI is InChI=1S/C18H11F3O2/c19-18(20,21)16-4-2-1-3-15(16)13-7-5-12-10-14(17(22)23)8-6-11(12)9-13/h1-10H,(H,22,23). The minimum Gasteiger partial charge on any atom is -0.478 e. The van der Waals surface area contributed by atoms with Crippen LogP contribution in [0.4, 0.5) is 13.2 Å². The molecule has 116 valence electrons. The van der Waals surface area contributed by atoms with Crippen molar-refractivity contribution in [2.24, 2.45) is 0 Å². The lowest BCUT2D eigenvalue weighted by molar-refractivity contribution is -0.137. The summed E-state index contributed by atoms with van der Waals surface area (Å²) in [5, 5.41) is 10.3. The van der Waals surface area contributed by atoms with Crippen LogP contribution in [0.5, 0.6) is 0 Å². The van der Waals surface area contributed by atoms with E-state index in [-0.39, 0.29) is 11.1 Å². The van der Waals surface area contributed by atoms with E-state index in [4.69, 9.17) is 5.11 Å². The van der Waals surface area contributed by atoms with Crippen molar-refractivity contribution in [1.29, 1.82) is 0 Å². The van der Waals surface area contributed by atoms with Crippen molar-refractivity contribution in [2.75, 3.05) is 0 Å². The fourth-order valence-corrected chi connectivity index (χ4v) is 2.53. The van der Waals surface area contributed by atoms with Crippen LogP contribution >= 0.6 is 0 Å². The Kier molecular flexibility index (Phi) is 3.56. The molecule has 0 aliphatic rings. The average Bonchev–Trinajstić information content (AvgIpc) is 2.53. The Bertz CT molecular complexity index is 898. The van der Waals surface area contributed by atoms with Crippen molar-refractivity contribution in [1.82, 2.24) is 0 Å². The van der Waals surface area contributed by atoms with Crippen molar-refractivity contribution in [3.63, 3.8) is 0 Å². The van der Waals surface area contributed by atoms with Gasteiger partial charge in [-0.15, -0.1) is 0 Å². The molecule has 3 aromatic rings. The highest BCUT2D eigenvalue weighted by Gasteiger charge is 2.33. The Morgan fingerprint density at radius 2 is 1.52 bits per heavy atom. The van der Waals surface area contributed by atoms with Crippen LogP contribution in [-0.4, -0.2) is 11.1 Å². The van der Waals surface area contributed by atoms with Crippen LogP contribution in [0.2, 0.25) is 0 Å². The molecular weight excluding hydrogens is 305 g/mol. The van der Waals surface area contributed by atoms with E-state index in [1.165, 1.54) is 24.3 Å². The van der Waals surface area contributed by atoms with E-state index in [1.54, 1.807) is 30.3 Å². The lowest BCUT2D eigenvalue weighted by Crippen LogP contribution is -2.06. The van der Waals surface area contributed by atoms with Crippen LogP contribution in [0, 0.1) is 0 Å². The van der Waals surface area contributed by atoms with Gasteiger partial charge in [-0.2, -0.15) is 13.2 Å². The van der Waals surface area contributed by atoms with Crippen LogP contribution in [0.15, 0.2) is 60.7 Å². The second-order valence-corrected chi connectivity index (χ2v) is 5.13. The minimum atomic E-state index is -4.43. The average molecular weight is 316 g/mol. The van der Waals surface area contributed by atoms with Crippen LogP contribution < -0.4 is 0 Å². The second-order valence-electron chi connectivity index (χ2n) is 5.13. The third-order valence-electron chi connectivity index (χ3n) is 3.63. The number of aromatic carboxylic acids is 1. The normalized spacial score (nSPS) is 11.6. The van der Waals surface area contributed by atoms with Gasteiger partial charge in [0.25, 0.3) is 0 Å². The molecule has 0 amide bonds. The van der Waals surface area contributed by atoms with Crippen LogP contribution in [-0.2, 0) is 6.18 Å². The fourth-order valence-electron chi connectivity index (χ4n) is 2.53. The van der Waals surface area contributed by atoms with Crippen LogP contribution in [0.1, 0.15) is 15.9 Å². The number of hydrogen-bond donors (Lipinski definition) is 1. The van der Waals surface area contributed by atoms with Gasteiger partial charge in [0, 0.05) is 0 Å². The number of carbonyl (C=O) groups is 1. The Hall–Kier alpha value is -2.82. The summed E-state index contributed by atoms with van der Waals surface area (Å²) in [5.41, 5.74) is -0.0137. The molecule has 0 saturated carbocycles. The summed E-state index contributed by atoms with van der Waals surface area (Å²) >= 11 is 0. The first-order valence-electron chi connectivity index (χ1n) is 6.80. The highest BCUT2D eigenvalue weighted by Crippen LogP contribution is 2.37. The molecule has 5 heteroatoms. The Labute approximate surface area is 129 Å². The van der Waals surface area contributed by atoms with Crippen LogP contribution in [0.25, 0.3) is 21.9 Å². The second kappa shape index (κ2) is 5.43. The number of hydrogen-bond acceptors (Lipinski definition) is 1. The molecule has 0 heterocycles. The number of carboxylic acid groups (broad SMARTS) is 1. The first kappa shape index (κ1) is 15.1. The Morgan fingerprint density at radius 3 is 2.22 bits per heavy atom. The molecule has 0 aliphatic carbocycles. The highest BCUT2D eigenvalue weighted by molar-refractivity contribution is 5.95. The van der Waals surface area contributed by atoms with E-state index < -0.39 is 17.7 Å². The van der Waals surface area contributed by atoms with E-state index in [0.717, 1.165) is 6.07 Å². The fraction of sp³-hybridized carbons (Fsp3) is 0.0556. The smallest absolute Gasteiger partial charge is 0.417 e. The van der Waals surface area contributed by atoms with Gasteiger partial charge in [-0.1, -0.05) is 36.4 Å². The van der Waals surface area contributed by atoms with Gasteiger partial charge >= 0.3 is 12.1 Å². The van der Waals surface area contributed by atoms with E-state index in [1.807, 2.05) is 0 Å². The van der Waals surface area contributed by atoms with Gasteiger partial charge in [-0.3, -0.25) is 0 Å². The molecule has 0 aliphatic heterocycles. The molecule has 3 rings (SSSR count). The van der Waals surface area contributed by atoms with Gasteiger partial charge < -0.3 is 5.11 Å². The van der Waals surface area contributed by atoms with Crippen molar-refractivity contribution >= 4 is 16.7 Å². The molecule has 0 atom stereocenters. The summed E-state index contributed by atoms with van der Waals surface area (Å²) in [6, 6.07) is 14.7. The van der Waals surface area contributed by atoms with E-state index >= 15 is 0 Å². The monoisotopic (exact) mass is 316 g/mol. The van der Waals surface area contributed by atoms with Crippen molar-refractivity contribution in [3.05, 3.63) is 71.8 Å². The maximum Gasteiger partial charge on any atom is 0.417 e. The summed E-state index contributed by atoms with van der Waals surface area (Å²) in [6.45, 7) is 0. The van der Waals surface area contributed by atoms with E-state index in [2.05, 4.69) is 0 Å². The topological polar surface area (TPSA) is 37.3 Å². The van der Waals surface area contributed by atoms with E-state index in [9.17, 15) is 18.0 Å².